The van der Waals surface area contributed by atoms with Gasteiger partial charge in [0.25, 0.3) is 10.0 Å². The van der Waals surface area contributed by atoms with E-state index >= 15 is 0 Å². The van der Waals surface area contributed by atoms with Crippen LogP contribution < -0.4 is 9.46 Å². The molecule has 3 heterocycles. The van der Waals surface area contributed by atoms with Gasteiger partial charge in [0.05, 0.1) is 28.5 Å². The van der Waals surface area contributed by atoms with Crippen molar-refractivity contribution in [3.63, 3.8) is 0 Å². The minimum absolute atomic E-state index is 0.0567. The molecule has 0 amide bonds. The van der Waals surface area contributed by atoms with Gasteiger partial charge >= 0.3 is 0 Å². The highest BCUT2D eigenvalue weighted by Crippen LogP contribution is 2.37. The Hall–Kier alpha value is -4.53. The van der Waals surface area contributed by atoms with Gasteiger partial charge < -0.3 is 4.74 Å². The van der Waals surface area contributed by atoms with Crippen molar-refractivity contribution in [1.82, 2.24) is 19.7 Å². The van der Waals surface area contributed by atoms with Crippen molar-refractivity contribution in [3.8, 4) is 40.0 Å². The number of nitriles is 1. The lowest BCUT2D eigenvalue weighted by molar-refractivity contribution is 0.480. The van der Waals surface area contributed by atoms with E-state index in [1.165, 1.54) is 24.4 Å². The van der Waals surface area contributed by atoms with E-state index in [0.29, 0.717) is 5.75 Å². The molecule has 0 spiro atoms. The molecule has 0 unspecified atom stereocenters. The molecule has 0 aliphatic heterocycles. The molecule has 0 radical (unpaired) electrons. The number of sulfonamides is 1. The number of pyridine rings is 1. The first-order valence-corrected chi connectivity index (χ1v) is 13.0. The molecule has 3 aromatic heterocycles. The van der Waals surface area contributed by atoms with Gasteiger partial charge in [-0.25, -0.2) is 13.4 Å². The fourth-order valence-corrected chi connectivity index (χ4v) is 5.31. The highest BCUT2D eigenvalue weighted by atomic mass is 32.2. The lowest BCUT2D eigenvalue weighted by atomic mass is 10.1. The molecule has 0 saturated heterocycles. The Bertz CT molecular complexity index is 1670. The van der Waals surface area contributed by atoms with E-state index in [4.69, 9.17) is 4.74 Å². The van der Waals surface area contributed by atoms with E-state index in [1.807, 2.05) is 55.7 Å². The van der Waals surface area contributed by atoms with Gasteiger partial charge in [-0.1, -0.05) is 30.3 Å². The average molecular weight is 515 g/mol. The van der Waals surface area contributed by atoms with Gasteiger partial charge in [0.1, 0.15) is 11.8 Å². The molecule has 11 heteroatoms. The first kappa shape index (κ1) is 23.2. The third-order valence-electron chi connectivity index (χ3n) is 5.21. The smallest absolute Gasteiger partial charge is 0.263 e. The summed E-state index contributed by atoms with van der Waals surface area (Å²) in [6, 6.07) is 17.7. The number of rotatable bonds is 7. The van der Waals surface area contributed by atoms with Gasteiger partial charge in [-0.2, -0.15) is 10.4 Å². The van der Waals surface area contributed by atoms with Crippen LogP contribution >= 0.6 is 11.3 Å². The summed E-state index contributed by atoms with van der Waals surface area (Å²) in [5, 5.41) is 15.9. The number of hydrogen-bond donors (Lipinski definition) is 1. The SMILES string of the molecule is Cn1cc(-c2cc(-c3ccccc3)ncc2Oc2ccc(S(=O)(=O)Nc3nccs3)cc2C#N)cn1. The van der Waals surface area contributed by atoms with Crippen LogP contribution in [0.4, 0.5) is 5.13 Å². The maximum atomic E-state index is 12.7. The molecule has 2 aromatic carbocycles. The molecule has 5 rings (SSSR count). The van der Waals surface area contributed by atoms with Crippen molar-refractivity contribution in [2.24, 2.45) is 7.05 Å². The molecule has 0 saturated carbocycles. The third-order valence-corrected chi connectivity index (χ3v) is 7.36. The van der Waals surface area contributed by atoms with Crippen LogP contribution in [-0.2, 0) is 17.1 Å². The number of aryl methyl sites for hydroxylation is 1. The van der Waals surface area contributed by atoms with Crippen LogP contribution in [0.15, 0.2) is 89.7 Å². The van der Waals surface area contributed by atoms with E-state index in [2.05, 4.69) is 19.8 Å². The molecule has 36 heavy (non-hydrogen) atoms. The molecule has 0 aliphatic carbocycles. The highest BCUT2D eigenvalue weighted by molar-refractivity contribution is 7.93. The van der Waals surface area contributed by atoms with Gasteiger partial charge in [0.15, 0.2) is 10.9 Å². The predicted octanol–water partition coefficient (Wildman–Crippen LogP) is 5.07. The maximum absolute atomic E-state index is 12.7. The van der Waals surface area contributed by atoms with Crippen molar-refractivity contribution in [1.29, 1.82) is 5.26 Å². The number of nitrogens with zero attached hydrogens (tertiary/aromatic N) is 5. The molecule has 5 aromatic rings. The third kappa shape index (κ3) is 4.81. The molecule has 178 valence electrons. The summed E-state index contributed by atoms with van der Waals surface area (Å²) < 4.78 is 35.7. The van der Waals surface area contributed by atoms with Crippen molar-refractivity contribution in [3.05, 3.63) is 90.3 Å². The molecule has 1 N–H and O–H groups in total. The second kappa shape index (κ2) is 9.61. The normalized spacial score (nSPS) is 11.1. The van der Waals surface area contributed by atoms with E-state index in [0.717, 1.165) is 33.7 Å². The zero-order valence-corrected chi connectivity index (χ0v) is 20.5. The number of nitrogens with one attached hydrogen (secondary N) is 1. The Morgan fingerprint density at radius 3 is 2.56 bits per heavy atom. The van der Waals surface area contributed by atoms with Crippen LogP contribution in [0, 0.1) is 11.3 Å². The second-order valence-corrected chi connectivity index (χ2v) is 10.2. The minimum Gasteiger partial charge on any atom is -0.454 e. The highest BCUT2D eigenvalue weighted by Gasteiger charge is 2.20. The lowest BCUT2D eigenvalue weighted by Gasteiger charge is -2.14. The van der Waals surface area contributed by atoms with Crippen LogP contribution in [0.25, 0.3) is 22.4 Å². The Kier molecular flexibility index (Phi) is 6.20. The monoisotopic (exact) mass is 514 g/mol. The summed E-state index contributed by atoms with van der Waals surface area (Å²) in [4.78, 5) is 8.40. The van der Waals surface area contributed by atoms with Crippen molar-refractivity contribution >= 4 is 26.5 Å². The molecule has 0 fully saturated rings. The number of aromatic nitrogens is 4. The lowest BCUT2D eigenvalue weighted by Crippen LogP contribution is -2.13. The van der Waals surface area contributed by atoms with Crippen LogP contribution in [0.2, 0.25) is 0 Å². The zero-order valence-electron chi connectivity index (χ0n) is 18.9. The summed E-state index contributed by atoms with van der Waals surface area (Å²) in [5.74, 6) is 0.598. The van der Waals surface area contributed by atoms with Crippen molar-refractivity contribution < 1.29 is 13.2 Å². The number of hydrogen-bond acceptors (Lipinski definition) is 8. The van der Waals surface area contributed by atoms with Gasteiger partial charge in [-0.3, -0.25) is 14.4 Å². The maximum Gasteiger partial charge on any atom is 0.263 e. The van der Waals surface area contributed by atoms with Gasteiger partial charge in [-0.05, 0) is 24.3 Å². The fraction of sp³-hybridized carbons (Fsp3) is 0.0400. The summed E-state index contributed by atoms with van der Waals surface area (Å²) in [6.07, 6.45) is 6.64. The number of ether oxygens (including phenoxy) is 1. The van der Waals surface area contributed by atoms with Crippen molar-refractivity contribution in [2.75, 3.05) is 4.72 Å². The molecule has 0 bridgehead atoms. The largest absolute Gasteiger partial charge is 0.454 e. The van der Waals surface area contributed by atoms with Crippen LogP contribution in [-0.4, -0.2) is 28.2 Å². The molecule has 9 nitrogen and oxygen atoms in total. The summed E-state index contributed by atoms with van der Waals surface area (Å²) in [5.41, 5.74) is 3.27. The number of anilines is 1. The summed E-state index contributed by atoms with van der Waals surface area (Å²) in [7, 11) is -2.11. The Labute approximate surface area is 211 Å². The summed E-state index contributed by atoms with van der Waals surface area (Å²) >= 11 is 1.16. The van der Waals surface area contributed by atoms with Crippen molar-refractivity contribution in [2.45, 2.75) is 4.90 Å². The standard InChI is InChI=1S/C25H18N6O3S2/c1-31-16-19(14-29-31)21-12-22(17-5-3-2-4-6-17)28-15-24(21)34-23-8-7-20(11-18(23)13-26)36(32,33)30-25-27-9-10-35-25/h2-12,14-16H,1H3,(H,27,30). The van der Waals surface area contributed by atoms with E-state index in [9.17, 15) is 13.7 Å². The molecule has 0 aliphatic rings. The second-order valence-electron chi connectivity index (χ2n) is 7.65. The molecular weight excluding hydrogens is 496 g/mol. The number of benzene rings is 2. The van der Waals surface area contributed by atoms with E-state index < -0.39 is 10.0 Å². The van der Waals surface area contributed by atoms with Crippen LogP contribution in [0.1, 0.15) is 5.56 Å². The topological polar surface area (TPSA) is 123 Å². The Balaban J connectivity index is 1.52. The first-order valence-electron chi connectivity index (χ1n) is 10.6. The van der Waals surface area contributed by atoms with Gasteiger partial charge in [0, 0.05) is 41.5 Å². The van der Waals surface area contributed by atoms with Gasteiger partial charge in [0.2, 0.25) is 0 Å². The first-order chi connectivity index (χ1) is 17.4. The summed E-state index contributed by atoms with van der Waals surface area (Å²) in [6.45, 7) is 0. The Morgan fingerprint density at radius 1 is 1.03 bits per heavy atom. The Morgan fingerprint density at radius 2 is 1.86 bits per heavy atom. The van der Waals surface area contributed by atoms with Gasteiger partial charge in [-0.15, -0.1) is 11.3 Å². The minimum atomic E-state index is -3.92. The van der Waals surface area contributed by atoms with Crippen LogP contribution in [0.3, 0.4) is 0 Å². The number of thiazole rings is 1. The fourth-order valence-electron chi connectivity index (χ4n) is 3.50. The predicted molar refractivity (Wildman–Crippen MR) is 136 cm³/mol. The molecular formula is C25H18N6O3S2. The van der Waals surface area contributed by atoms with E-state index in [-0.39, 0.29) is 21.3 Å². The zero-order chi connectivity index (χ0) is 25.1. The van der Waals surface area contributed by atoms with Crippen LogP contribution in [0.5, 0.6) is 11.5 Å². The van der Waals surface area contributed by atoms with E-state index in [1.54, 1.807) is 22.5 Å². The average Bonchev–Trinajstić information content (AvgIpc) is 3.56. The quantitative estimate of drug-likeness (QED) is 0.322. The molecule has 0 atom stereocenters.